The largest absolute Gasteiger partial charge is 0.452 e. The highest BCUT2D eigenvalue weighted by atomic mass is 19.1. The van der Waals surface area contributed by atoms with Crippen molar-refractivity contribution in [2.75, 3.05) is 0 Å². The number of benzene rings is 1. The zero-order valence-corrected chi connectivity index (χ0v) is 7.76. The lowest BCUT2D eigenvalue weighted by Gasteiger charge is -2.16. The van der Waals surface area contributed by atoms with E-state index in [0.29, 0.717) is 5.56 Å². The summed E-state index contributed by atoms with van der Waals surface area (Å²) in [7, 11) is 0. The first-order valence-electron chi connectivity index (χ1n) is 4.49. The second kappa shape index (κ2) is 3.82. The summed E-state index contributed by atoms with van der Waals surface area (Å²) in [6, 6.07) is 5.41. The molecule has 3 nitrogen and oxygen atoms in total. The lowest BCUT2D eigenvalue weighted by atomic mass is 10.0. The third-order valence-electron chi connectivity index (χ3n) is 2.20. The number of carbonyl (C=O) groups is 1. The van der Waals surface area contributed by atoms with Crippen molar-refractivity contribution in [1.29, 1.82) is 0 Å². The molecule has 0 spiro atoms. The third kappa shape index (κ3) is 2.05. The first-order valence-corrected chi connectivity index (χ1v) is 4.49. The summed E-state index contributed by atoms with van der Waals surface area (Å²) in [5, 5.41) is 9.78. The van der Waals surface area contributed by atoms with Crippen molar-refractivity contribution in [3.05, 3.63) is 47.8 Å². The van der Waals surface area contributed by atoms with Crippen molar-refractivity contribution in [3.8, 4) is 0 Å². The Hall–Kier alpha value is -1.68. The van der Waals surface area contributed by atoms with Crippen LogP contribution in [-0.4, -0.2) is 17.2 Å². The summed E-state index contributed by atoms with van der Waals surface area (Å²) < 4.78 is 17.4. The smallest absolute Gasteiger partial charge is 0.331 e. The van der Waals surface area contributed by atoms with Gasteiger partial charge in [0.15, 0.2) is 6.10 Å². The van der Waals surface area contributed by atoms with Crippen molar-refractivity contribution in [2.45, 2.75) is 12.2 Å². The average Bonchev–Trinajstić information content (AvgIpc) is 2.65. The molecule has 1 aromatic carbocycles. The van der Waals surface area contributed by atoms with Crippen LogP contribution < -0.4 is 0 Å². The number of hydrogen-bond donors (Lipinski definition) is 1. The van der Waals surface area contributed by atoms with Gasteiger partial charge in [-0.15, -0.1) is 0 Å². The molecule has 2 rings (SSSR count). The van der Waals surface area contributed by atoms with Crippen LogP contribution in [0.2, 0.25) is 0 Å². The Balaban J connectivity index is 2.14. The van der Waals surface area contributed by atoms with E-state index in [1.54, 1.807) is 0 Å². The standard InChI is InChI=1S/C11H9FO3/c12-8-3-1-7(2-4-8)11(14)9-5-6-10(13)15-9/h1-6,9,11,14H/t9-,11-/m1/s1. The van der Waals surface area contributed by atoms with E-state index in [1.807, 2.05) is 0 Å². The van der Waals surface area contributed by atoms with E-state index in [1.165, 1.54) is 36.4 Å². The van der Waals surface area contributed by atoms with Gasteiger partial charge in [-0.05, 0) is 23.8 Å². The van der Waals surface area contributed by atoms with Gasteiger partial charge in [-0.25, -0.2) is 9.18 Å². The van der Waals surface area contributed by atoms with Gasteiger partial charge in [0, 0.05) is 6.08 Å². The summed E-state index contributed by atoms with van der Waals surface area (Å²) in [4.78, 5) is 10.8. The normalized spacial score (nSPS) is 21.5. The monoisotopic (exact) mass is 208 g/mol. The number of aliphatic hydroxyl groups excluding tert-OH is 1. The molecule has 0 amide bonds. The molecule has 0 radical (unpaired) electrons. The molecule has 0 aliphatic carbocycles. The molecule has 0 aromatic heterocycles. The molecule has 4 heteroatoms. The van der Waals surface area contributed by atoms with Gasteiger partial charge in [0.25, 0.3) is 0 Å². The number of rotatable bonds is 2. The van der Waals surface area contributed by atoms with Gasteiger partial charge in [-0.2, -0.15) is 0 Å². The molecule has 78 valence electrons. The topological polar surface area (TPSA) is 46.5 Å². The van der Waals surface area contributed by atoms with E-state index < -0.39 is 18.2 Å². The highest BCUT2D eigenvalue weighted by molar-refractivity contribution is 5.84. The van der Waals surface area contributed by atoms with Crippen molar-refractivity contribution in [3.63, 3.8) is 0 Å². The molecular formula is C11H9FO3. The second-order valence-corrected chi connectivity index (χ2v) is 3.26. The molecule has 2 atom stereocenters. The van der Waals surface area contributed by atoms with Gasteiger partial charge < -0.3 is 9.84 Å². The van der Waals surface area contributed by atoms with Crippen molar-refractivity contribution >= 4 is 5.97 Å². The molecule has 0 unspecified atom stereocenters. The Kier molecular flexibility index (Phi) is 2.51. The maximum atomic E-state index is 12.6. The molecule has 15 heavy (non-hydrogen) atoms. The molecule has 1 aliphatic rings. The van der Waals surface area contributed by atoms with Gasteiger partial charge in [-0.3, -0.25) is 0 Å². The van der Waals surface area contributed by atoms with Crippen LogP contribution in [0.25, 0.3) is 0 Å². The first-order chi connectivity index (χ1) is 7.16. The zero-order valence-electron chi connectivity index (χ0n) is 7.76. The maximum Gasteiger partial charge on any atom is 0.331 e. The molecule has 1 N–H and O–H groups in total. The number of halogens is 1. The van der Waals surface area contributed by atoms with Gasteiger partial charge in [0.2, 0.25) is 0 Å². The molecule has 0 saturated heterocycles. The zero-order chi connectivity index (χ0) is 10.8. The number of hydrogen-bond acceptors (Lipinski definition) is 3. The quantitative estimate of drug-likeness (QED) is 0.746. The first kappa shape index (κ1) is 9.86. The second-order valence-electron chi connectivity index (χ2n) is 3.26. The molecule has 1 aliphatic heterocycles. The predicted octanol–water partition coefficient (Wildman–Crippen LogP) is 1.34. The van der Waals surface area contributed by atoms with Gasteiger partial charge in [0.05, 0.1) is 0 Å². The van der Waals surface area contributed by atoms with Crippen LogP contribution >= 0.6 is 0 Å². The number of ether oxygens (including phenoxy) is 1. The van der Waals surface area contributed by atoms with Crippen molar-refractivity contribution in [2.24, 2.45) is 0 Å². The van der Waals surface area contributed by atoms with Gasteiger partial charge in [-0.1, -0.05) is 12.1 Å². The molecule has 0 fully saturated rings. The van der Waals surface area contributed by atoms with Crippen LogP contribution in [0.15, 0.2) is 36.4 Å². The van der Waals surface area contributed by atoms with Crippen molar-refractivity contribution < 1.29 is 19.0 Å². The predicted molar refractivity (Wildman–Crippen MR) is 50.4 cm³/mol. The van der Waals surface area contributed by atoms with Crippen LogP contribution in [0, 0.1) is 5.82 Å². The molecule has 1 aromatic rings. The lowest BCUT2D eigenvalue weighted by molar-refractivity contribution is -0.142. The van der Waals surface area contributed by atoms with Crippen LogP contribution in [-0.2, 0) is 9.53 Å². The maximum absolute atomic E-state index is 12.6. The molecular weight excluding hydrogens is 199 g/mol. The Bertz CT molecular complexity index is 397. The minimum Gasteiger partial charge on any atom is -0.452 e. The number of aliphatic hydroxyl groups is 1. The van der Waals surface area contributed by atoms with Crippen LogP contribution in [0.5, 0.6) is 0 Å². The molecule has 1 heterocycles. The van der Waals surface area contributed by atoms with E-state index in [0.717, 1.165) is 0 Å². The Morgan fingerprint density at radius 2 is 2.00 bits per heavy atom. The fourth-order valence-corrected chi connectivity index (χ4v) is 1.41. The van der Waals surface area contributed by atoms with Gasteiger partial charge in [0.1, 0.15) is 11.9 Å². The Labute approximate surface area is 85.8 Å². The van der Waals surface area contributed by atoms with Crippen LogP contribution in [0.4, 0.5) is 4.39 Å². The summed E-state index contributed by atoms with van der Waals surface area (Å²) in [6.45, 7) is 0. The van der Waals surface area contributed by atoms with E-state index in [2.05, 4.69) is 0 Å². The number of cyclic esters (lactones) is 1. The highest BCUT2D eigenvalue weighted by Gasteiger charge is 2.25. The molecule has 0 bridgehead atoms. The average molecular weight is 208 g/mol. The fraction of sp³-hybridized carbons (Fsp3) is 0.182. The summed E-state index contributed by atoms with van der Waals surface area (Å²) in [5.74, 6) is -0.842. The fourth-order valence-electron chi connectivity index (χ4n) is 1.41. The number of esters is 1. The van der Waals surface area contributed by atoms with Crippen molar-refractivity contribution in [1.82, 2.24) is 0 Å². The van der Waals surface area contributed by atoms with E-state index in [9.17, 15) is 14.3 Å². The minimum atomic E-state index is -0.951. The minimum absolute atomic E-state index is 0.370. The Morgan fingerprint density at radius 3 is 2.53 bits per heavy atom. The molecule has 0 saturated carbocycles. The lowest BCUT2D eigenvalue weighted by Crippen LogP contribution is -2.18. The third-order valence-corrected chi connectivity index (χ3v) is 2.20. The van der Waals surface area contributed by atoms with E-state index in [-0.39, 0.29) is 5.82 Å². The van der Waals surface area contributed by atoms with E-state index in [4.69, 9.17) is 4.74 Å². The summed E-state index contributed by atoms with van der Waals surface area (Å²) >= 11 is 0. The Morgan fingerprint density at radius 1 is 1.33 bits per heavy atom. The highest BCUT2D eigenvalue weighted by Crippen LogP contribution is 2.23. The number of carbonyl (C=O) groups excluding carboxylic acids is 1. The summed E-state index contributed by atoms with van der Waals surface area (Å²) in [5.41, 5.74) is 0.515. The van der Waals surface area contributed by atoms with Crippen LogP contribution in [0.3, 0.4) is 0 Å². The van der Waals surface area contributed by atoms with Gasteiger partial charge >= 0.3 is 5.97 Å². The van der Waals surface area contributed by atoms with E-state index >= 15 is 0 Å². The summed E-state index contributed by atoms with van der Waals surface area (Å²) in [6.07, 6.45) is 1.12. The SMILES string of the molecule is O=C1C=C[C@H]([C@H](O)c2ccc(F)cc2)O1. The van der Waals surface area contributed by atoms with Crippen LogP contribution in [0.1, 0.15) is 11.7 Å².